The lowest BCUT2D eigenvalue weighted by Crippen LogP contribution is -2.44. The SMILES string of the molecule is CC/C=C\C/C=C\C/C=C\C/C=C\C/C=C\C/C=C\C/C=C\C/C=C\C/C=C\C/C=C\C/C=C\CCCCCCCC(=O)OC(COC(=O)CCCCCCCCCCCCCCCCCCC/C=C\CCCCCCCCCC)COC(OCC[N+](C)(C)C)C(=O)[O-]. The zero-order valence-corrected chi connectivity index (χ0v) is 60.6. The molecule has 530 valence electrons. The number of carboxylic acid groups (broad SMARTS) is 1. The minimum Gasteiger partial charge on any atom is -0.545 e. The summed E-state index contributed by atoms with van der Waals surface area (Å²) in [7, 11) is 5.92. The van der Waals surface area contributed by atoms with Gasteiger partial charge in [0.2, 0.25) is 0 Å². The number of likely N-dealkylation sites (N-methyl/N-ethyl adjacent to an activating group) is 1. The van der Waals surface area contributed by atoms with E-state index in [1.54, 1.807) is 0 Å². The molecule has 0 aromatic carbocycles. The van der Waals surface area contributed by atoms with Crippen molar-refractivity contribution >= 4 is 17.9 Å². The third-order valence-corrected chi connectivity index (χ3v) is 16.1. The van der Waals surface area contributed by atoms with Crippen LogP contribution in [0.15, 0.2) is 146 Å². The van der Waals surface area contributed by atoms with E-state index in [9.17, 15) is 19.5 Å². The van der Waals surface area contributed by atoms with E-state index < -0.39 is 24.3 Å². The number of carboxylic acids is 1. The van der Waals surface area contributed by atoms with Crippen molar-refractivity contribution < 1.29 is 42.9 Å². The Morgan fingerprint density at radius 3 is 0.925 bits per heavy atom. The van der Waals surface area contributed by atoms with Crippen molar-refractivity contribution in [3.8, 4) is 0 Å². The van der Waals surface area contributed by atoms with Gasteiger partial charge in [0.15, 0.2) is 12.4 Å². The number of ether oxygens (including phenoxy) is 4. The highest BCUT2D eigenvalue weighted by Gasteiger charge is 2.22. The van der Waals surface area contributed by atoms with Gasteiger partial charge in [-0.3, -0.25) is 9.59 Å². The molecule has 0 rings (SSSR count). The van der Waals surface area contributed by atoms with Gasteiger partial charge in [-0.2, -0.15) is 0 Å². The molecule has 2 unspecified atom stereocenters. The summed E-state index contributed by atoms with van der Waals surface area (Å²) in [5, 5.41) is 11.8. The fraction of sp³-hybridized carbons (Fsp3) is 0.679. The third-order valence-electron chi connectivity index (χ3n) is 16.1. The molecular formula is C84H141NO8. The summed E-state index contributed by atoms with van der Waals surface area (Å²) in [6.07, 6.45) is 104. The maximum absolute atomic E-state index is 13.0. The molecule has 0 bridgehead atoms. The minimum absolute atomic E-state index is 0.137. The molecule has 93 heavy (non-hydrogen) atoms. The van der Waals surface area contributed by atoms with Gasteiger partial charge in [0.05, 0.1) is 40.3 Å². The minimum atomic E-state index is -1.64. The number of carbonyl (C=O) groups is 3. The van der Waals surface area contributed by atoms with E-state index >= 15 is 0 Å². The van der Waals surface area contributed by atoms with Gasteiger partial charge in [-0.15, -0.1) is 0 Å². The predicted octanol–water partition coefficient (Wildman–Crippen LogP) is 22.9. The monoisotopic (exact) mass is 1290 g/mol. The fourth-order valence-corrected chi connectivity index (χ4v) is 10.3. The standard InChI is InChI=1S/C84H141NO8/c1-6-8-10-12-14-16-18-20-22-24-26-28-30-32-34-36-37-38-39-40-41-42-43-44-45-47-49-51-53-55-57-59-61-63-65-67-69-71-73-75-82(87)93-80(79-92-84(83(88)89)90-77-76-85(3,4)5)78-91-81(86)74-72-70-68-66-64-62-60-58-56-54-52-50-48-46-35-33-31-29-27-25-23-21-19-17-15-13-11-9-7-2/h8,10,14,16,20,22,25-28,32,34,37-38,40-41,43-44,47,49,53,55,59,61,80,84H,6-7,9,11-13,15,17-19,21,23-24,29-31,33,35-36,39,42,45-46,48,50-52,54,56-58,60,62-79H2,1-5H3/b10-8-,16-14-,22-20-,27-25-,28-26-,34-32-,38-37-,41-40-,44-43-,49-47-,55-53-,61-59-. The quantitative estimate of drug-likeness (QED) is 0.0195. The van der Waals surface area contributed by atoms with Gasteiger partial charge in [0.25, 0.3) is 0 Å². The molecule has 0 spiro atoms. The van der Waals surface area contributed by atoms with Gasteiger partial charge >= 0.3 is 11.9 Å². The first kappa shape index (κ1) is 88.2. The normalized spacial score (nSPS) is 13.5. The second-order valence-corrected chi connectivity index (χ2v) is 26.2. The number of unbranched alkanes of at least 4 members (excludes halogenated alkanes) is 30. The summed E-state index contributed by atoms with van der Waals surface area (Å²) in [6.45, 7) is 4.63. The number of hydrogen-bond acceptors (Lipinski definition) is 8. The number of quaternary nitrogens is 1. The Morgan fingerprint density at radius 1 is 0.333 bits per heavy atom. The van der Waals surface area contributed by atoms with Crippen LogP contribution in [0.25, 0.3) is 0 Å². The Balaban J connectivity index is 4.17. The average Bonchev–Trinajstić information content (AvgIpc) is 3.38. The zero-order chi connectivity index (χ0) is 67.5. The number of aliphatic carboxylic acids is 1. The van der Waals surface area contributed by atoms with Crippen LogP contribution in [0.3, 0.4) is 0 Å². The lowest BCUT2D eigenvalue weighted by molar-refractivity contribution is -0.870. The molecule has 9 heteroatoms. The second kappa shape index (κ2) is 73.0. The number of rotatable bonds is 69. The summed E-state index contributed by atoms with van der Waals surface area (Å²) in [5.41, 5.74) is 0. The molecule has 0 N–H and O–H groups in total. The molecule has 0 aliphatic carbocycles. The van der Waals surface area contributed by atoms with E-state index in [0.29, 0.717) is 17.4 Å². The first-order valence-electron chi connectivity index (χ1n) is 38.0. The van der Waals surface area contributed by atoms with E-state index in [4.69, 9.17) is 18.9 Å². The van der Waals surface area contributed by atoms with Crippen LogP contribution in [0.1, 0.15) is 309 Å². The Morgan fingerprint density at radius 2 is 0.613 bits per heavy atom. The van der Waals surface area contributed by atoms with E-state index in [1.165, 1.54) is 154 Å². The molecule has 0 aliphatic heterocycles. The number of hydrogen-bond donors (Lipinski definition) is 0. The van der Waals surface area contributed by atoms with E-state index in [1.807, 2.05) is 21.1 Å². The first-order chi connectivity index (χ1) is 45.6. The number of esters is 2. The van der Waals surface area contributed by atoms with Crippen molar-refractivity contribution in [1.29, 1.82) is 0 Å². The Kier molecular flexibility index (Phi) is 69.2. The van der Waals surface area contributed by atoms with Crippen molar-refractivity contribution in [3.63, 3.8) is 0 Å². The summed E-state index contributed by atoms with van der Waals surface area (Å²) in [6, 6.07) is 0. The van der Waals surface area contributed by atoms with Crippen LogP contribution >= 0.6 is 0 Å². The van der Waals surface area contributed by atoms with Crippen LogP contribution in [0.5, 0.6) is 0 Å². The molecule has 0 saturated heterocycles. The van der Waals surface area contributed by atoms with Gasteiger partial charge in [0.1, 0.15) is 13.2 Å². The molecule has 0 heterocycles. The average molecular weight is 1290 g/mol. The van der Waals surface area contributed by atoms with Crippen LogP contribution in [0.4, 0.5) is 0 Å². The van der Waals surface area contributed by atoms with E-state index in [2.05, 4.69) is 160 Å². The van der Waals surface area contributed by atoms with Crippen LogP contribution in [0, 0.1) is 0 Å². The molecule has 0 radical (unpaired) electrons. The number of carbonyl (C=O) groups excluding carboxylic acids is 3. The van der Waals surface area contributed by atoms with Crippen LogP contribution in [-0.2, 0) is 33.3 Å². The molecule has 0 aromatic rings. The second-order valence-electron chi connectivity index (χ2n) is 26.2. The van der Waals surface area contributed by atoms with Gasteiger partial charge < -0.3 is 33.3 Å². The van der Waals surface area contributed by atoms with Crippen LogP contribution in [0.2, 0.25) is 0 Å². The Labute approximate surface area is 572 Å². The fourth-order valence-electron chi connectivity index (χ4n) is 10.3. The molecular weight excluding hydrogens is 1150 g/mol. The predicted molar refractivity (Wildman–Crippen MR) is 398 cm³/mol. The number of nitrogens with zero attached hydrogens (tertiary/aromatic N) is 1. The molecule has 0 amide bonds. The van der Waals surface area contributed by atoms with Gasteiger partial charge in [-0.05, 0) is 122 Å². The smallest absolute Gasteiger partial charge is 0.306 e. The van der Waals surface area contributed by atoms with Crippen molar-refractivity contribution in [2.75, 3.05) is 47.5 Å². The highest BCUT2D eigenvalue weighted by atomic mass is 16.7. The topological polar surface area (TPSA) is 111 Å². The van der Waals surface area contributed by atoms with E-state index in [-0.39, 0.29) is 38.6 Å². The molecule has 0 aromatic heterocycles. The van der Waals surface area contributed by atoms with Gasteiger partial charge in [-0.1, -0.05) is 320 Å². The molecule has 0 fully saturated rings. The highest BCUT2D eigenvalue weighted by molar-refractivity contribution is 5.70. The molecule has 0 saturated carbocycles. The first-order valence-corrected chi connectivity index (χ1v) is 38.0. The molecule has 2 atom stereocenters. The number of allylic oxidation sites excluding steroid dienone is 24. The van der Waals surface area contributed by atoms with Crippen LogP contribution < -0.4 is 5.11 Å². The largest absolute Gasteiger partial charge is 0.545 e. The summed E-state index contributed by atoms with van der Waals surface area (Å²) >= 11 is 0. The lowest BCUT2D eigenvalue weighted by Gasteiger charge is -2.26. The molecule has 0 aliphatic rings. The summed E-state index contributed by atoms with van der Waals surface area (Å²) in [5.74, 6) is -2.31. The maximum Gasteiger partial charge on any atom is 0.306 e. The Bertz CT molecular complexity index is 2040. The van der Waals surface area contributed by atoms with Gasteiger partial charge in [0, 0.05) is 12.8 Å². The van der Waals surface area contributed by atoms with Crippen molar-refractivity contribution in [2.45, 2.75) is 322 Å². The lowest BCUT2D eigenvalue weighted by atomic mass is 10.0. The van der Waals surface area contributed by atoms with Gasteiger partial charge in [-0.25, -0.2) is 0 Å². The van der Waals surface area contributed by atoms with Crippen molar-refractivity contribution in [1.82, 2.24) is 0 Å². The summed E-state index contributed by atoms with van der Waals surface area (Å²) in [4.78, 5) is 37.6. The highest BCUT2D eigenvalue weighted by Crippen LogP contribution is 2.17. The van der Waals surface area contributed by atoms with Crippen molar-refractivity contribution in [3.05, 3.63) is 146 Å². The summed E-state index contributed by atoms with van der Waals surface area (Å²) < 4.78 is 22.8. The Hall–Kier alpha value is -4.83. The zero-order valence-electron chi connectivity index (χ0n) is 60.6. The van der Waals surface area contributed by atoms with E-state index in [0.717, 1.165) is 122 Å². The third kappa shape index (κ3) is 74.4. The molecule has 9 nitrogen and oxygen atoms in total. The van der Waals surface area contributed by atoms with Crippen LogP contribution in [-0.4, -0.2) is 82.3 Å². The van der Waals surface area contributed by atoms with Crippen molar-refractivity contribution in [2.24, 2.45) is 0 Å². The maximum atomic E-state index is 13.0.